The summed E-state index contributed by atoms with van der Waals surface area (Å²) in [5, 5.41) is 3.39. The fourth-order valence-corrected chi connectivity index (χ4v) is 1.95. The van der Waals surface area contributed by atoms with Gasteiger partial charge in [0.2, 0.25) is 0 Å². The third-order valence-corrected chi connectivity index (χ3v) is 2.85. The van der Waals surface area contributed by atoms with Gasteiger partial charge in [0, 0.05) is 12.2 Å². The Morgan fingerprint density at radius 1 is 1.43 bits per heavy atom. The van der Waals surface area contributed by atoms with E-state index < -0.39 is 0 Å². The van der Waals surface area contributed by atoms with Gasteiger partial charge in [-0.15, -0.1) is 0 Å². The molecule has 0 spiro atoms. The number of aromatic nitrogens is 1. The molecule has 0 aliphatic carbocycles. The van der Waals surface area contributed by atoms with E-state index in [9.17, 15) is 0 Å². The van der Waals surface area contributed by atoms with Crippen LogP contribution in [0.5, 0.6) is 0 Å². The third kappa shape index (κ3) is 1.61. The number of pyridine rings is 1. The van der Waals surface area contributed by atoms with Crippen LogP contribution < -0.4 is 5.32 Å². The van der Waals surface area contributed by atoms with Crippen molar-refractivity contribution < 1.29 is 0 Å². The van der Waals surface area contributed by atoms with Gasteiger partial charge in [-0.05, 0) is 42.9 Å². The number of rotatable bonds is 1. The van der Waals surface area contributed by atoms with Crippen molar-refractivity contribution in [3.63, 3.8) is 0 Å². The van der Waals surface area contributed by atoms with Crippen molar-refractivity contribution in [3.8, 4) is 0 Å². The number of fused-ring (bicyclic) bond motifs is 1. The van der Waals surface area contributed by atoms with E-state index in [1.165, 1.54) is 29.7 Å². The summed E-state index contributed by atoms with van der Waals surface area (Å²) in [6, 6.07) is 2.23. The molecule has 0 atom stereocenters. The molecule has 2 nitrogen and oxygen atoms in total. The first-order valence-electron chi connectivity index (χ1n) is 5.43. The minimum Gasteiger partial charge on any atom is -0.370 e. The van der Waals surface area contributed by atoms with Crippen LogP contribution in [0.25, 0.3) is 0 Å². The Balaban J connectivity index is 2.46. The molecular weight excluding hydrogens is 172 g/mol. The van der Waals surface area contributed by atoms with E-state index in [1.54, 1.807) is 0 Å². The minimum absolute atomic E-state index is 0.516. The van der Waals surface area contributed by atoms with E-state index in [0.29, 0.717) is 5.92 Å². The van der Waals surface area contributed by atoms with Crippen molar-refractivity contribution >= 4 is 5.82 Å². The highest BCUT2D eigenvalue weighted by molar-refractivity contribution is 5.51. The maximum Gasteiger partial charge on any atom is 0.129 e. The maximum absolute atomic E-state index is 4.66. The molecule has 14 heavy (non-hydrogen) atoms. The van der Waals surface area contributed by atoms with Crippen LogP contribution in [0, 0.1) is 6.92 Å². The summed E-state index contributed by atoms with van der Waals surface area (Å²) < 4.78 is 0. The zero-order valence-corrected chi connectivity index (χ0v) is 9.22. The van der Waals surface area contributed by atoms with Crippen molar-refractivity contribution in [1.29, 1.82) is 0 Å². The first-order valence-corrected chi connectivity index (χ1v) is 5.43. The van der Waals surface area contributed by atoms with Crippen LogP contribution in [0.15, 0.2) is 6.07 Å². The molecule has 1 aliphatic rings. The van der Waals surface area contributed by atoms with Crippen molar-refractivity contribution in [2.45, 2.75) is 39.5 Å². The second-order valence-electron chi connectivity index (χ2n) is 4.38. The van der Waals surface area contributed by atoms with Crippen molar-refractivity contribution in [2.24, 2.45) is 0 Å². The van der Waals surface area contributed by atoms with Crippen LogP contribution in [0.2, 0.25) is 0 Å². The van der Waals surface area contributed by atoms with E-state index in [1.807, 2.05) is 0 Å². The van der Waals surface area contributed by atoms with Crippen molar-refractivity contribution in [2.75, 3.05) is 11.9 Å². The summed E-state index contributed by atoms with van der Waals surface area (Å²) >= 11 is 0. The minimum atomic E-state index is 0.516. The van der Waals surface area contributed by atoms with Gasteiger partial charge in [-0.25, -0.2) is 4.98 Å². The summed E-state index contributed by atoms with van der Waals surface area (Å²) in [5.41, 5.74) is 4.02. The second kappa shape index (κ2) is 3.60. The summed E-state index contributed by atoms with van der Waals surface area (Å²) in [6.07, 6.45) is 2.41. The summed E-state index contributed by atoms with van der Waals surface area (Å²) in [4.78, 5) is 4.66. The highest BCUT2D eigenvalue weighted by Crippen LogP contribution is 2.26. The lowest BCUT2D eigenvalue weighted by Gasteiger charge is -2.20. The van der Waals surface area contributed by atoms with Gasteiger partial charge in [0.15, 0.2) is 0 Å². The van der Waals surface area contributed by atoms with Crippen LogP contribution in [0.4, 0.5) is 5.82 Å². The molecule has 1 N–H and O–H groups in total. The van der Waals surface area contributed by atoms with E-state index in [4.69, 9.17) is 0 Å². The van der Waals surface area contributed by atoms with Crippen LogP contribution in [0.3, 0.4) is 0 Å². The van der Waals surface area contributed by atoms with Gasteiger partial charge in [-0.2, -0.15) is 0 Å². The topological polar surface area (TPSA) is 24.9 Å². The summed E-state index contributed by atoms with van der Waals surface area (Å²) in [6.45, 7) is 7.65. The molecule has 2 heteroatoms. The monoisotopic (exact) mass is 190 g/mol. The van der Waals surface area contributed by atoms with Gasteiger partial charge in [0.25, 0.3) is 0 Å². The lowest BCUT2D eigenvalue weighted by Crippen LogP contribution is -2.15. The molecule has 1 aromatic rings. The molecule has 0 saturated heterocycles. The Morgan fingerprint density at radius 3 is 2.93 bits per heavy atom. The summed E-state index contributed by atoms with van der Waals surface area (Å²) in [5.74, 6) is 1.64. The van der Waals surface area contributed by atoms with Crippen LogP contribution in [-0.4, -0.2) is 11.5 Å². The Bertz CT molecular complexity index is 342. The number of hydrogen-bond donors (Lipinski definition) is 1. The Hall–Kier alpha value is -1.05. The molecule has 0 aromatic carbocycles. The lowest BCUT2D eigenvalue weighted by molar-refractivity contribution is 0.777. The van der Waals surface area contributed by atoms with Gasteiger partial charge in [0.05, 0.1) is 0 Å². The van der Waals surface area contributed by atoms with Gasteiger partial charge < -0.3 is 5.32 Å². The highest BCUT2D eigenvalue weighted by Gasteiger charge is 2.14. The number of anilines is 1. The zero-order chi connectivity index (χ0) is 10.1. The average molecular weight is 190 g/mol. The highest BCUT2D eigenvalue weighted by atomic mass is 15.0. The predicted molar refractivity (Wildman–Crippen MR) is 59.9 cm³/mol. The first kappa shape index (κ1) is 9.50. The Labute approximate surface area is 85.7 Å². The van der Waals surface area contributed by atoms with Crippen LogP contribution in [0.1, 0.15) is 43.0 Å². The number of nitrogens with zero attached hydrogens (tertiary/aromatic N) is 1. The van der Waals surface area contributed by atoms with Crippen LogP contribution >= 0.6 is 0 Å². The van der Waals surface area contributed by atoms with Gasteiger partial charge >= 0.3 is 0 Å². The number of aryl methyl sites for hydroxylation is 1. The smallest absolute Gasteiger partial charge is 0.129 e. The molecule has 0 radical (unpaired) electrons. The van der Waals surface area contributed by atoms with Crippen molar-refractivity contribution in [3.05, 3.63) is 22.9 Å². The molecule has 76 valence electrons. The predicted octanol–water partition coefficient (Wildman–Crippen LogP) is 2.87. The Kier molecular flexibility index (Phi) is 2.44. The lowest BCUT2D eigenvalue weighted by atomic mass is 9.99. The molecule has 0 fully saturated rings. The van der Waals surface area contributed by atoms with E-state index in [2.05, 4.69) is 37.1 Å². The fourth-order valence-electron chi connectivity index (χ4n) is 1.95. The molecule has 0 amide bonds. The molecule has 1 aromatic heterocycles. The first-order chi connectivity index (χ1) is 6.68. The quantitative estimate of drug-likeness (QED) is 0.736. The largest absolute Gasteiger partial charge is 0.370 e. The standard InChI is InChI=1S/C12H18N2/c1-8(2)11-7-9(3)10-5-4-6-13-12(10)14-11/h7-8H,4-6H2,1-3H3,(H,13,14). The normalized spacial score (nSPS) is 15.1. The average Bonchev–Trinajstić information content (AvgIpc) is 2.17. The van der Waals surface area contributed by atoms with E-state index in [0.717, 1.165) is 12.4 Å². The number of hydrogen-bond acceptors (Lipinski definition) is 2. The molecule has 0 saturated carbocycles. The van der Waals surface area contributed by atoms with E-state index >= 15 is 0 Å². The Morgan fingerprint density at radius 2 is 2.21 bits per heavy atom. The molecule has 0 bridgehead atoms. The van der Waals surface area contributed by atoms with Crippen LogP contribution in [-0.2, 0) is 6.42 Å². The molecule has 2 heterocycles. The van der Waals surface area contributed by atoms with Crippen molar-refractivity contribution in [1.82, 2.24) is 4.98 Å². The fraction of sp³-hybridized carbons (Fsp3) is 0.583. The van der Waals surface area contributed by atoms with Gasteiger partial charge in [0.1, 0.15) is 5.82 Å². The van der Waals surface area contributed by atoms with E-state index in [-0.39, 0.29) is 0 Å². The molecule has 1 aliphatic heterocycles. The zero-order valence-electron chi connectivity index (χ0n) is 9.22. The SMILES string of the molecule is Cc1cc(C(C)C)nc2c1CCCN2. The van der Waals surface area contributed by atoms with Gasteiger partial charge in [-0.3, -0.25) is 0 Å². The molecular formula is C12H18N2. The van der Waals surface area contributed by atoms with Gasteiger partial charge in [-0.1, -0.05) is 13.8 Å². The second-order valence-corrected chi connectivity index (χ2v) is 4.38. The molecule has 2 rings (SSSR count). The maximum atomic E-state index is 4.66. The number of nitrogens with one attached hydrogen (secondary N) is 1. The third-order valence-electron chi connectivity index (χ3n) is 2.85. The molecule has 0 unspecified atom stereocenters. The summed E-state index contributed by atoms with van der Waals surface area (Å²) in [7, 11) is 0.